The maximum Gasteiger partial charge on any atom is 0.0562 e. The Labute approximate surface area is 56.5 Å². The van der Waals surface area contributed by atoms with E-state index in [1.165, 1.54) is 0 Å². The van der Waals surface area contributed by atoms with E-state index in [0.717, 1.165) is 12.8 Å². The molecule has 0 aliphatic carbocycles. The molecule has 2 N–H and O–H groups in total. The summed E-state index contributed by atoms with van der Waals surface area (Å²) >= 11 is 0. The van der Waals surface area contributed by atoms with Crippen molar-refractivity contribution in [2.45, 2.75) is 45.3 Å². The van der Waals surface area contributed by atoms with Gasteiger partial charge < -0.3 is 10.2 Å². The molecule has 0 heterocycles. The summed E-state index contributed by atoms with van der Waals surface area (Å²) in [6, 6.07) is 0. The summed E-state index contributed by atoms with van der Waals surface area (Å²) in [5, 5.41) is 18.0. The van der Waals surface area contributed by atoms with Gasteiger partial charge in [-0.15, -0.1) is 0 Å². The van der Waals surface area contributed by atoms with Crippen molar-refractivity contribution in [2.75, 3.05) is 0 Å². The molecule has 0 aromatic heterocycles. The molecule has 0 aromatic rings. The summed E-state index contributed by atoms with van der Waals surface area (Å²) in [4.78, 5) is 0. The van der Waals surface area contributed by atoms with Gasteiger partial charge in [-0.2, -0.15) is 0 Å². The standard InChI is InChI=1S/C7H16O2/c1-3-6(8)5-7(9)4-2/h6-9H,3-5H2,1-2H3/t6-,7-/m0/s1. The second kappa shape index (κ2) is 4.77. The Morgan fingerprint density at radius 2 is 1.33 bits per heavy atom. The van der Waals surface area contributed by atoms with Gasteiger partial charge in [0.25, 0.3) is 0 Å². The molecule has 0 fully saturated rings. The summed E-state index contributed by atoms with van der Waals surface area (Å²) < 4.78 is 0. The van der Waals surface area contributed by atoms with Crippen LogP contribution >= 0.6 is 0 Å². The molecule has 0 saturated carbocycles. The van der Waals surface area contributed by atoms with Crippen LogP contribution in [0.25, 0.3) is 0 Å². The molecule has 9 heavy (non-hydrogen) atoms. The van der Waals surface area contributed by atoms with Crippen molar-refractivity contribution in [3.63, 3.8) is 0 Å². The smallest absolute Gasteiger partial charge is 0.0562 e. The molecule has 2 nitrogen and oxygen atoms in total. The summed E-state index contributed by atoms with van der Waals surface area (Å²) in [6.45, 7) is 3.82. The van der Waals surface area contributed by atoms with E-state index in [4.69, 9.17) is 10.2 Å². The zero-order valence-corrected chi connectivity index (χ0v) is 6.17. The molecule has 0 amide bonds. The van der Waals surface area contributed by atoms with Crippen LogP contribution in [0.5, 0.6) is 0 Å². The number of hydrogen-bond acceptors (Lipinski definition) is 2. The van der Waals surface area contributed by atoms with Crippen LogP contribution in [-0.4, -0.2) is 22.4 Å². The Balaban J connectivity index is 3.22. The summed E-state index contributed by atoms with van der Waals surface area (Å²) in [7, 11) is 0. The second-order valence-electron chi connectivity index (χ2n) is 2.36. The Morgan fingerprint density at radius 3 is 1.56 bits per heavy atom. The predicted molar refractivity (Wildman–Crippen MR) is 37.2 cm³/mol. The average molecular weight is 132 g/mol. The Bertz CT molecular complexity index is 55.9. The largest absolute Gasteiger partial charge is 0.393 e. The maximum absolute atomic E-state index is 9.00. The van der Waals surface area contributed by atoms with E-state index < -0.39 is 0 Å². The quantitative estimate of drug-likeness (QED) is 0.597. The SMILES string of the molecule is CC[C@H](O)C[C@@H](O)CC. The molecule has 0 spiro atoms. The first-order chi connectivity index (χ1) is 4.20. The van der Waals surface area contributed by atoms with E-state index in [1.54, 1.807) is 0 Å². The fourth-order valence-electron chi connectivity index (χ4n) is 0.647. The third-order valence-corrected chi connectivity index (χ3v) is 1.49. The first kappa shape index (κ1) is 8.92. The Hall–Kier alpha value is -0.0800. The highest BCUT2D eigenvalue weighted by atomic mass is 16.3. The second-order valence-corrected chi connectivity index (χ2v) is 2.36. The van der Waals surface area contributed by atoms with Gasteiger partial charge in [-0.1, -0.05) is 13.8 Å². The van der Waals surface area contributed by atoms with Crippen molar-refractivity contribution < 1.29 is 10.2 Å². The lowest BCUT2D eigenvalue weighted by Gasteiger charge is -2.11. The van der Waals surface area contributed by atoms with Gasteiger partial charge in [0.2, 0.25) is 0 Å². The predicted octanol–water partition coefficient (Wildman–Crippen LogP) is 0.918. The zero-order chi connectivity index (χ0) is 7.28. The molecule has 0 saturated heterocycles. The lowest BCUT2D eigenvalue weighted by atomic mass is 10.1. The number of aliphatic hydroxyl groups is 2. The van der Waals surface area contributed by atoms with Crippen LogP contribution in [-0.2, 0) is 0 Å². The maximum atomic E-state index is 9.00. The molecule has 0 aromatic carbocycles. The highest BCUT2D eigenvalue weighted by Gasteiger charge is 2.06. The molecular weight excluding hydrogens is 116 g/mol. The van der Waals surface area contributed by atoms with E-state index in [1.807, 2.05) is 13.8 Å². The van der Waals surface area contributed by atoms with Gasteiger partial charge in [-0.25, -0.2) is 0 Å². The monoisotopic (exact) mass is 132 g/mol. The molecule has 0 aliphatic heterocycles. The van der Waals surface area contributed by atoms with E-state index in [2.05, 4.69) is 0 Å². The molecule has 0 rings (SSSR count). The molecule has 56 valence electrons. The first-order valence-electron chi connectivity index (χ1n) is 3.56. The molecule has 0 bridgehead atoms. The molecule has 0 unspecified atom stereocenters. The van der Waals surface area contributed by atoms with Crippen LogP contribution in [0.3, 0.4) is 0 Å². The summed E-state index contributed by atoms with van der Waals surface area (Å²) in [5.74, 6) is 0. The van der Waals surface area contributed by atoms with Crippen LogP contribution in [0.4, 0.5) is 0 Å². The average Bonchev–Trinajstić information content (AvgIpc) is 1.87. The Kier molecular flexibility index (Phi) is 4.72. The third-order valence-electron chi connectivity index (χ3n) is 1.49. The number of aliphatic hydroxyl groups excluding tert-OH is 2. The van der Waals surface area contributed by atoms with Gasteiger partial charge in [-0.05, 0) is 19.3 Å². The molecule has 2 heteroatoms. The topological polar surface area (TPSA) is 40.5 Å². The minimum Gasteiger partial charge on any atom is -0.393 e. The number of rotatable bonds is 4. The van der Waals surface area contributed by atoms with Crippen LogP contribution < -0.4 is 0 Å². The summed E-state index contributed by atoms with van der Waals surface area (Å²) in [6.07, 6.45) is 1.35. The van der Waals surface area contributed by atoms with E-state index >= 15 is 0 Å². The lowest BCUT2D eigenvalue weighted by Crippen LogP contribution is -2.15. The van der Waals surface area contributed by atoms with Crippen LogP contribution in [0.2, 0.25) is 0 Å². The van der Waals surface area contributed by atoms with Crippen molar-refractivity contribution in [2.24, 2.45) is 0 Å². The Morgan fingerprint density at radius 1 is 1.00 bits per heavy atom. The van der Waals surface area contributed by atoms with Gasteiger partial charge in [-0.3, -0.25) is 0 Å². The van der Waals surface area contributed by atoms with Crippen LogP contribution in [0, 0.1) is 0 Å². The van der Waals surface area contributed by atoms with E-state index in [-0.39, 0.29) is 12.2 Å². The molecule has 0 aliphatic rings. The van der Waals surface area contributed by atoms with Crippen LogP contribution in [0.1, 0.15) is 33.1 Å². The normalized spacial score (nSPS) is 17.3. The zero-order valence-electron chi connectivity index (χ0n) is 6.17. The van der Waals surface area contributed by atoms with E-state index in [0.29, 0.717) is 6.42 Å². The van der Waals surface area contributed by atoms with Gasteiger partial charge in [0.05, 0.1) is 12.2 Å². The third kappa shape index (κ3) is 4.43. The van der Waals surface area contributed by atoms with Gasteiger partial charge in [0.1, 0.15) is 0 Å². The molecule has 0 radical (unpaired) electrons. The van der Waals surface area contributed by atoms with Crippen molar-refractivity contribution in [3.05, 3.63) is 0 Å². The minimum absolute atomic E-state index is 0.319. The van der Waals surface area contributed by atoms with Crippen molar-refractivity contribution in [1.82, 2.24) is 0 Å². The van der Waals surface area contributed by atoms with Crippen LogP contribution in [0.15, 0.2) is 0 Å². The van der Waals surface area contributed by atoms with Crippen molar-refractivity contribution >= 4 is 0 Å². The van der Waals surface area contributed by atoms with Gasteiger partial charge in [0.15, 0.2) is 0 Å². The summed E-state index contributed by atoms with van der Waals surface area (Å²) in [5.41, 5.74) is 0. The fourth-order valence-corrected chi connectivity index (χ4v) is 0.647. The van der Waals surface area contributed by atoms with Crippen molar-refractivity contribution in [1.29, 1.82) is 0 Å². The highest BCUT2D eigenvalue weighted by Crippen LogP contribution is 2.03. The first-order valence-corrected chi connectivity index (χ1v) is 3.56. The van der Waals surface area contributed by atoms with Gasteiger partial charge in [0, 0.05) is 0 Å². The van der Waals surface area contributed by atoms with E-state index in [9.17, 15) is 0 Å². The lowest BCUT2D eigenvalue weighted by molar-refractivity contribution is 0.0765. The minimum atomic E-state index is -0.319. The van der Waals surface area contributed by atoms with Gasteiger partial charge >= 0.3 is 0 Å². The highest BCUT2D eigenvalue weighted by molar-refractivity contribution is 4.59. The molecular formula is C7H16O2. The number of hydrogen-bond donors (Lipinski definition) is 2. The fraction of sp³-hybridized carbons (Fsp3) is 1.00. The van der Waals surface area contributed by atoms with Crippen molar-refractivity contribution in [3.8, 4) is 0 Å². The molecule has 2 atom stereocenters.